The number of aliphatic hydroxyl groups is 1. The van der Waals surface area contributed by atoms with Crippen molar-refractivity contribution < 1.29 is 61.1 Å². The van der Waals surface area contributed by atoms with Crippen molar-refractivity contribution in [3.63, 3.8) is 0 Å². The molecule has 1 fully saturated rings. The molecule has 6 atom stereocenters. The molecule has 0 aromatic rings. The van der Waals surface area contributed by atoms with Crippen molar-refractivity contribution in [2.75, 3.05) is 6.61 Å². The highest BCUT2D eigenvalue weighted by molar-refractivity contribution is 7.66. The molecule has 0 spiro atoms. The fourth-order valence-electron chi connectivity index (χ4n) is 2.55. The normalized spacial score (nSPS) is 32.1. The number of nitrogens with zero attached hydrogens (tertiary/aromatic N) is 2. The Morgan fingerprint density at radius 3 is 2.41 bits per heavy atom. The van der Waals surface area contributed by atoms with Gasteiger partial charge in [0.15, 0.2) is 5.96 Å². The van der Waals surface area contributed by atoms with Crippen molar-refractivity contribution in [2.45, 2.75) is 30.6 Å². The second-order valence-electron chi connectivity index (χ2n) is 6.33. The summed E-state index contributed by atoms with van der Waals surface area (Å²) in [7, 11) is -16.6. The minimum atomic E-state index is -5.69. The van der Waals surface area contributed by atoms with Gasteiger partial charge in [0.25, 0.3) is 0 Å². The van der Waals surface area contributed by atoms with E-state index in [1.807, 2.05) is 0 Å². The lowest BCUT2D eigenvalue weighted by atomic mass is 10.2. The van der Waals surface area contributed by atoms with Crippen LogP contribution in [-0.2, 0) is 31.6 Å². The summed E-state index contributed by atoms with van der Waals surface area (Å²) >= 11 is 0. The molecule has 22 heteroatoms. The number of nitrogens with one attached hydrogen (secondary N) is 1. The van der Waals surface area contributed by atoms with Crippen LogP contribution in [0.1, 0.15) is 6.42 Å². The molecule has 0 radical (unpaired) electrons. The number of carbonyl (C=O) groups excluding carboxylic acids is 1. The summed E-state index contributed by atoms with van der Waals surface area (Å²) in [6, 6.07) is -0.814. The summed E-state index contributed by atoms with van der Waals surface area (Å²) in [5, 5.41) is 12.3. The van der Waals surface area contributed by atoms with Gasteiger partial charge in [0.2, 0.25) is 5.79 Å². The Hall–Kier alpha value is -1.43. The van der Waals surface area contributed by atoms with E-state index in [-0.39, 0.29) is 6.42 Å². The number of rotatable bonds is 9. The molecule has 19 nitrogen and oxygen atoms in total. The van der Waals surface area contributed by atoms with Crippen LogP contribution in [0.4, 0.5) is 4.79 Å². The third kappa shape index (κ3) is 7.86. The van der Waals surface area contributed by atoms with Crippen molar-refractivity contribution in [3.05, 3.63) is 12.3 Å². The number of hydrogen-bond donors (Lipinski definition) is 9. The molecule has 0 saturated carbocycles. The summed E-state index contributed by atoms with van der Waals surface area (Å²) in [6.45, 7) is -0.893. The van der Waals surface area contributed by atoms with Gasteiger partial charge in [-0.1, -0.05) is 0 Å². The van der Waals surface area contributed by atoms with Gasteiger partial charge < -0.3 is 40.9 Å². The summed E-state index contributed by atoms with van der Waals surface area (Å²) in [5.74, 6) is -2.12. The minimum absolute atomic E-state index is 0.192. The van der Waals surface area contributed by atoms with Gasteiger partial charge in [-0.3, -0.25) is 20.5 Å². The molecule has 0 aliphatic carbocycles. The van der Waals surface area contributed by atoms with E-state index in [2.05, 4.69) is 23.5 Å². The first-order valence-corrected chi connectivity index (χ1v) is 12.7. The van der Waals surface area contributed by atoms with E-state index in [1.165, 1.54) is 12.3 Å². The number of aliphatic imine (C=N–C) groups is 1. The Bertz CT molecular complexity index is 935. The number of nitrogens with two attached hydrogens (primary N) is 3. The molecule has 2 rings (SSSR count). The Morgan fingerprint density at radius 2 is 1.88 bits per heavy atom. The maximum atomic E-state index is 12.3. The Kier molecular flexibility index (Phi) is 7.91. The van der Waals surface area contributed by atoms with Crippen LogP contribution in [0.15, 0.2) is 17.3 Å². The zero-order chi connectivity index (χ0) is 24.5. The van der Waals surface area contributed by atoms with E-state index in [4.69, 9.17) is 36.6 Å². The number of aliphatic hydroxyl groups excluding tert-OH is 1. The number of phosphoric acid groups is 3. The molecule has 2 aliphatic rings. The zero-order valence-electron chi connectivity index (χ0n) is 15.8. The van der Waals surface area contributed by atoms with Crippen LogP contribution in [0.2, 0.25) is 0 Å². The second-order valence-corrected chi connectivity index (χ2v) is 10.8. The lowest BCUT2D eigenvalue weighted by molar-refractivity contribution is -0.0539. The Morgan fingerprint density at radius 1 is 1.25 bits per heavy atom. The molecule has 2 amide bonds. The monoisotopic (exact) mass is 526 g/mol. The van der Waals surface area contributed by atoms with Crippen LogP contribution in [0.25, 0.3) is 0 Å². The fraction of sp³-hybridized carbons (Fsp3) is 0.600. The lowest BCUT2D eigenvalue weighted by Gasteiger charge is -2.34. The molecule has 184 valence electrons. The number of urea groups is 1. The minimum Gasteiger partial charge on any atom is -0.390 e. The molecule has 0 aromatic carbocycles. The van der Waals surface area contributed by atoms with Gasteiger partial charge in [-0.2, -0.15) is 8.62 Å². The summed E-state index contributed by atoms with van der Waals surface area (Å²) < 4.78 is 50.6. The first kappa shape index (κ1) is 26.8. The van der Waals surface area contributed by atoms with Gasteiger partial charge in [-0.15, -0.1) is 0 Å². The molecular weight excluding hydrogens is 505 g/mol. The first-order chi connectivity index (χ1) is 14.4. The molecular formula is C10H21N6O13P3. The van der Waals surface area contributed by atoms with E-state index < -0.39 is 66.3 Å². The predicted molar refractivity (Wildman–Crippen MR) is 101 cm³/mol. The molecule has 12 N–H and O–H groups in total. The first-order valence-electron chi connectivity index (χ1n) is 8.22. The quantitative estimate of drug-likeness (QED) is 0.0834. The van der Waals surface area contributed by atoms with Gasteiger partial charge >= 0.3 is 29.5 Å². The highest BCUT2D eigenvalue weighted by atomic mass is 31.3. The average molecular weight is 526 g/mol. The predicted octanol–water partition coefficient (Wildman–Crippen LogP) is -2.77. The van der Waals surface area contributed by atoms with Crippen LogP contribution in [0.5, 0.6) is 0 Å². The van der Waals surface area contributed by atoms with E-state index in [9.17, 15) is 28.5 Å². The maximum Gasteiger partial charge on any atom is 0.490 e. The van der Waals surface area contributed by atoms with Crippen LogP contribution >= 0.6 is 23.5 Å². The van der Waals surface area contributed by atoms with Crippen LogP contribution < -0.4 is 22.5 Å². The Balaban J connectivity index is 1.98. The van der Waals surface area contributed by atoms with Gasteiger partial charge in [0.1, 0.15) is 12.3 Å². The van der Waals surface area contributed by atoms with Crippen molar-refractivity contribution in [3.8, 4) is 0 Å². The SMILES string of the molecule is NC(N)=NC1(N)C=CN([C@H]2C[C@H](O)[C@@H](COP(=O)(O)OP(=O)(O)OP(=O)(O)O)O2)C(=O)N1. The molecule has 32 heavy (non-hydrogen) atoms. The third-order valence-corrected chi connectivity index (χ3v) is 7.48. The fourth-order valence-corrected chi connectivity index (χ4v) is 5.58. The van der Waals surface area contributed by atoms with Crippen molar-refractivity contribution in [2.24, 2.45) is 22.2 Å². The largest absolute Gasteiger partial charge is 0.490 e. The third-order valence-electron chi connectivity index (χ3n) is 3.68. The summed E-state index contributed by atoms with van der Waals surface area (Å²) in [4.78, 5) is 52.4. The van der Waals surface area contributed by atoms with Crippen molar-refractivity contribution in [1.82, 2.24) is 10.2 Å². The lowest BCUT2D eigenvalue weighted by Crippen LogP contribution is -2.61. The smallest absolute Gasteiger partial charge is 0.390 e. The summed E-state index contributed by atoms with van der Waals surface area (Å²) in [5.41, 5.74) is 16.2. The van der Waals surface area contributed by atoms with Crippen molar-refractivity contribution in [1.29, 1.82) is 0 Å². The molecule has 3 unspecified atom stereocenters. The number of hydrogen-bond acceptors (Lipinski definition) is 11. The van der Waals surface area contributed by atoms with Crippen LogP contribution in [0, 0.1) is 0 Å². The topological polar surface area (TPSA) is 312 Å². The number of ether oxygens (including phenoxy) is 1. The molecule has 0 aromatic heterocycles. The number of guanidine groups is 1. The molecule has 1 saturated heterocycles. The van der Waals surface area contributed by atoms with Gasteiger partial charge in [0, 0.05) is 12.6 Å². The number of amides is 2. The summed E-state index contributed by atoms with van der Waals surface area (Å²) in [6.07, 6.45) is -1.57. The van der Waals surface area contributed by atoms with E-state index in [1.54, 1.807) is 0 Å². The Labute approximate surface area is 179 Å². The van der Waals surface area contributed by atoms with Gasteiger partial charge in [-0.25, -0.2) is 23.5 Å². The number of phosphoric ester groups is 1. The highest BCUT2D eigenvalue weighted by Gasteiger charge is 2.44. The van der Waals surface area contributed by atoms with Crippen LogP contribution in [-0.4, -0.2) is 72.4 Å². The molecule has 0 bridgehead atoms. The van der Waals surface area contributed by atoms with Gasteiger partial charge in [-0.05, 0) is 6.08 Å². The maximum absolute atomic E-state index is 12.3. The second kappa shape index (κ2) is 9.44. The number of carbonyl (C=O) groups is 1. The standard InChI is InChI=1S/C10H21N6O13P3/c11-8(12)14-10(13)1-2-16(9(18)15-10)7-3-5(17)6(27-7)4-26-31(22,23)29-32(24,25)28-30(19,20)21/h1-2,5-7,17H,3-4,13H2,(H,15,18)(H,22,23)(H,24,25)(H4,11,12,14)(H2,19,20,21)/t5-,6+,7+,10?/m0/s1. The zero-order valence-corrected chi connectivity index (χ0v) is 18.5. The molecule has 2 heterocycles. The highest BCUT2D eigenvalue weighted by Crippen LogP contribution is 2.66. The molecule has 2 aliphatic heterocycles. The average Bonchev–Trinajstić information content (AvgIpc) is 2.89. The van der Waals surface area contributed by atoms with Crippen LogP contribution in [0.3, 0.4) is 0 Å². The van der Waals surface area contributed by atoms with Gasteiger partial charge in [0.05, 0.1) is 12.7 Å². The van der Waals surface area contributed by atoms with Crippen molar-refractivity contribution >= 4 is 35.5 Å². The van der Waals surface area contributed by atoms with E-state index in [0.717, 1.165) is 4.90 Å². The van der Waals surface area contributed by atoms with E-state index >= 15 is 0 Å². The van der Waals surface area contributed by atoms with E-state index in [0.29, 0.717) is 0 Å².